The molecule has 1 heterocycles. The number of hydrogen-bond donors (Lipinski definition) is 2. The topological polar surface area (TPSA) is 93.5 Å². The maximum Gasteiger partial charge on any atom is 0.408 e. The van der Waals surface area contributed by atoms with Gasteiger partial charge in [0.05, 0.1) is 28.8 Å². The summed E-state index contributed by atoms with van der Waals surface area (Å²) in [5, 5.41) is 15.6. The molecule has 0 aliphatic rings. The third-order valence-corrected chi connectivity index (χ3v) is 3.76. The zero-order valence-corrected chi connectivity index (χ0v) is 14.0. The quantitative estimate of drug-likeness (QED) is 0.801. The lowest BCUT2D eigenvalue weighted by atomic mass is 10.1. The van der Waals surface area contributed by atoms with E-state index in [0.717, 1.165) is 5.56 Å². The number of halogens is 1. The van der Waals surface area contributed by atoms with E-state index in [0.29, 0.717) is 10.2 Å². The van der Waals surface area contributed by atoms with Crippen LogP contribution in [0.1, 0.15) is 23.7 Å². The number of nitrogens with zero attached hydrogens (tertiary/aromatic N) is 2. The Balaban J connectivity index is 2.03. The van der Waals surface area contributed by atoms with E-state index in [4.69, 9.17) is 9.84 Å². The minimum atomic E-state index is -1.04. The molecule has 1 aromatic carbocycles. The molecule has 0 aliphatic carbocycles. The second-order valence-corrected chi connectivity index (χ2v) is 5.71. The van der Waals surface area contributed by atoms with E-state index in [-0.39, 0.29) is 13.0 Å². The average molecular weight is 382 g/mol. The number of benzene rings is 1. The molecule has 1 unspecified atom stereocenters. The van der Waals surface area contributed by atoms with Crippen LogP contribution in [0.5, 0.6) is 0 Å². The first-order chi connectivity index (χ1) is 11.0. The van der Waals surface area contributed by atoms with Crippen molar-refractivity contribution in [3.8, 4) is 0 Å². The molecule has 2 N–H and O–H groups in total. The maximum absolute atomic E-state index is 12.0. The van der Waals surface area contributed by atoms with Gasteiger partial charge in [0, 0.05) is 7.05 Å². The Hall–Kier alpha value is -2.35. The molecule has 0 fully saturated rings. The van der Waals surface area contributed by atoms with E-state index in [1.54, 1.807) is 13.2 Å². The molecule has 2 rings (SSSR count). The SMILES string of the molecule is Cn1ncc(Br)c1C(CC(=O)O)NC(=O)OCc1ccccc1. The van der Waals surface area contributed by atoms with Crippen LogP contribution in [-0.4, -0.2) is 26.9 Å². The van der Waals surface area contributed by atoms with Gasteiger partial charge < -0.3 is 15.2 Å². The minimum Gasteiger partial charge on any atom is -0.481 e. The Morgan fingerprint density at radius 2 is 2.09 bits per heavy atom. The van der Waals surface area contributed by atoms with Gasteiger partial charge in [-0.05, 0) is 21.5 Å². The van der Waals surface area contributed by atoms with Crippen molar-refractivity contribution < 1.29 is 19.4 Å². The zero-order chi connectivity index (χ0) is 16.8. The second-order valence-electron chi connectivity index (χ2n) is 4.86. The molecule has 122 valence electrons. The molecular weight excluding hydrogens is 366 g/mol. The summed E-state index contributed by atoms with van der Waals surface area (Å²) in [7, 11) is 1.67. The lowest BCUT2D eigenvalue weighted by Gasteiger charge is -2.18. The number of carboxylic acid groups (broad SMARTS) is 1. The fourth-order valence-corrected chi connectivity index (χ4v) is 2.73. The van der Waals surface area contributed by atoms with Gasteiger partial charge in [0.1, 0.15) is 6.61 Å². The van der Waals surface area contributed by atoms with Crippen molar-refractivity contribution in [3.63, 3.8) is 0 Å². The number of rotatable bonds is 6. The summed E-state index contributed by atoms with van der Waals surface area (Å²) in [5.74, 6) is -1.04. The summed E-state index contributed by atoms with van der Waals surface area (Å²) in [6.45, 7) is 0.110. The standard InChI is InChI=1S/C15H16BrN3O4/c1-19-14(11(16)8-17-19)12(7-13(20)21)18-15(22)23-9-10-5-3-2-4-6-10/h2-6,8,12H,7,9H2,1H3,(H,18,22)(H,20,21). The predicted molar refractivity (Wildman–Crippen MR) is 85.7 cm³/mol. The first-order valence-corrected chi connectivity index (χ1v) is 7.63. The van der Waals surface area contributed by atoms with Crippen LogP contribution in [0.2, 0.25) is 0 Å². The number of nitrogens with one attached hydrogen (secondary N) is 1. The van der Waals surface area contributed by atoms with Gasteiger partial charge in [-0.15, -0.1) is 0 Å². The molecule has 1 amide bonds. The molecule has 0 spiro atoms. The summed E-state index contributed by atoms with van der Waals surface area (Å²) in [6.07, 6.45) is 0.577. The zero-order valence-electron chi connectivity index (χ0n) is 12.4. The Labute approximate surface area is 141 Å². The normalized spacial score (nSPS) is 11.7. The average Bonchev–Trinajstić information content (AvgIpc) is 2.84. The summed E-state index contributed by atoms with van der Waals surface area (Å²) < 4.78 is 7.26. The number of carbonyl (C=O) groups is 2. The van der Waals surface area contributed by atoms with Crippen LogP contribution < -0.4 is 5.32 Å². The molecule has 23 heavy (non-hydrogen) atoms. The van der Waals surface area contributed by atoms with Crippen LogP contribution >= 0.6 is 15.9 Å². The fourth-order valence-electron chi connectivity index (χ4n) is 2.11. The van der Waals surface area contributed by atoms with Crippen molar-refractivity contribution in [2.75, 3.05) is 0 Å². The van der Waals surface area contributed by atoms with E-state index in [2.05, 4.69) is 26.3 Å². The van der Waals surface area contributed by atoms with E-state index in [1.807, 2.05) is 30.3 Å². The van der Waals surface area contributed by atoms with Gasteiger partial charge in [-0.2, -0.15) is 5.10 Å². The molecule has 0 aliphatic heterocycles. The largest absolute Gasteiger partial charge is 0.481 e. The first kappa shape index (κ1) is 17.0. The van der Waals surface area contributed by atoms with Crippen LogP contribution in [-0.2, 0) is 23.2 Å². The van der Waals surface area contributed by atoms with Crippen molar-refractivity contribution >= 4 is 28.0 Å². The Morgan fingerprint density at radius 1 is 1.39 bits per heavy atom. The minimum absolute atomic E-state index is 0.110. The molecule has 8 heteroatoms. The summed E-state index contributed by atoms with van der Waals surface area (Å²) in [5.41, 5.74) is 1.41. The van der Waals surface area contributed by atoms with Crippen LogP contribution in [0.15, 0.2) is 41.0 Å². The highest BCUT2D eigenvalue weighted by molar-refractivity contribution is 9.10. The van der Waals surface area contributed by atoms with Crippen LogP contribution in [0, 0.1) is 0 Å². The monoisotopic (exact) mass is 381 g/mol. The van der Waals surface area contributed by atoms with Gasteiger partial charge in [-0.1, -0.05) is 30.3 Å². The van der Waals surface area contributed by atoms with E-state index in [1.165, 1.54) is 4.68 Å². The number of ether oxygens (including phenoxy) is 1. The van der Waals surface area contributed by atoms with Crippen molar-refractivity contribution in [2.24, 2.45) is 7.05 Å². The number of aryl methyl sites for hydroxylation is 1. The number of hydrogen-bond acceptors (Lipinski definition) is 4. The molecule has 1 atom stereocenters. The van der Waals surface area contributed by atoms with Gasteiger partial charge >= 0.3 is 12.1 Å². The van der Waals surface area contributed by atoms with Gasteiger partial charge in [0.15, 0.2) is 0 Å². The smallest absolute Gasteiger partial charge is 0.408 e. The first-order valence-electron chi connectivity index (χ1n) is 6.83. The van der Waals surface area contributed by atoms with Gasteiger partial charge in [0.25, 0.3) is 0 Å². The molecule has 1 aromatic heterocycles. The number of alkyl carbamates (subject to hydrolysis) is 1. The molecule has 0 radical (unpaired) electrons. The predicted octanol–water partition coefficient (Wildman–Crippen LogP) is 2.62. The molecule has 2 aromatic rings. The van der Waals surface area contributed by atoms with Gasteiger partial charge in [-0.25, -0.2) is 4.79 Å². The number of amides is 1. The Bertz CT molecular complexity index is 668. The van der Waals surface area contributed by atoms with E-state index in [9.17, 15) is 9.59 Å². The second kappa shape index (κ2) is 7.77. The number of aliphatic carboxylic acids is 1. The molecular formula is C15H16BrN3O4. The highest BCUT2D eigenvalue weighted by atomic mass is 79.9. The van der Waals surface area contributed by atoms with Crippen molar-refractivity contribution in [1.82, 2.24) is 15.1 Å². The maximum atomic E-state index is 12.0. The Morgan fingerprint density at radius 3 is 2.65 bits per heavy atom. The number of carboxylic acids is 1. The third kappa shape index (κ3) is 4.82. The lowest BCUT2D eigenvalue weighted by molar-refractivity contribution is -0.137. The van der Waals surface area contributed by atoms with Gasteiger partial charge in [-0.3, -0.25) is 9.48 Å². The van der Waals surface area contributed by atoms with Crippen LogP contribution in [0.25, 0.3) is 0 Å². The fraction of sp³-hybridized carbons (Fsp3) is 0.267. The molecule has 7 nitrogen and oxygen atoms in total. The molecule has 0 bridgehead atoms. The van der Waals surface area contributed by atoms with Crippen molar-refractivity contribution in [3.05, 3.63) is 52.3 Å². The highest BCUT2D eigenvalue weighted by Crippen LogP contribution is 2.25. The summed E-state index contributed by atoms with van der Waals surface area (Å²) in [6, 6.07) is 8.47. The van der Waals surface area contributed by atoms with Crippen molar-refractivity contribution in [1.29, 1.82) is 0 Å². The van der Waals surface area contributed by atoms with Gasteiger partial charge in [0.2, 0.25) is 0 Å². The van der Waals surface area contributed by atoms with Crippen LogP contribution in [0.3, 0.4) is 0 Å². The lowest BCUT2D eigenvalue weighted by Crippen LogP contribution is -2.32. The Kier molecular flexibility index (Phi) is 5.75. The third-order valence-electron chi connectivity index (χ3n) is 3.15. The molecule has 0 saturated heterocycles. The highest BCUT2D eigenvalue weighted by Gasteiger charge is 2.24. The molecule has 0 saturated carbocycles. The van der Waals surface area contributed by atoms with Crippen molar-refractivity contribution in [2.45, 2.75) is 19.1 Å². The summed E-state index contributed by atoms with van der Waals surface area (Å²) in [4.78, 5) is 23.0. The van der Waals surface area contributed by atoms with E-state index < -0.39 is 18.1 Å². The van der Waals surface area contributed by atoms with E-state index >= 15 is 0 Å². The van der Waals surface area contributed by atoms with Crippen LogP contribution in [0.4, 0.5) is 4.79 Å². The number of carbonyl (C=O) groups excluding carboxylic acids is 1. The number of aromatic nitrogens is 2. The summed E-state index contributed by atoms with van der Waals surface area (Å²) >= 11 is 3.30.